The molecule has 5 heteroatoms. The van der Waals surface area contributed by atoms with Gasteiger partial charge in [0.1, 0.15) is 0 Å². The van der Waals surface area contributed by atoms with Crippen LogP contribution in [0, 0.1) is 6.92 Å². The highest BCUT2D eigenvalue weighted by Gasteiger charge is 2.17. The predicted molar refractivity (Wildman–Crippen MR) is 127 cm³/mol. The van der Waals surface area contributed by atoms with Crippen molar-refractivity contribution in [3.63, 3.8) is 0 Å². The third-order valence-electron chi connectivity index (χ3n) is 5.34. The second-order valence-electron chi connectivity index (χ2n) is 7.53. The zero-order chi connectivity index (χ0) is 22.5. The lowest BCUT2D eigenvalue weighted by Gasteiger charge is -2.13. The number of aryl methyl sites for hydroxylation is 2. The fraction of sp³-hybridized carbons (Fsp3) is 0.148. The van der Waals surface area contributed by atoms with Crippen LogP contribution in [0.1, 0.15) is 28.4 Å². The summed E-state index contributed by atoms with van der Waals surface area (Å²) >= 11 is 0. The molecule has 0 radical (unpaired) electrons. The monoisotopic (exact) mass is 424 g/mol. The lowest BCUT2D eigenvalue weighted by atomic mass is 10.0. The number of aromatic nitrogens is 1. The van der Waals surface area contributed by atoms with Gasteiger partial charge in [-0.15, -0.1) is 0 Å². The van der Waals surface area contributed by atoms with Crippen LogP contribution in [0.15, 0.2) is 78.9 Å². The molecule has 1 amide bonds. The van der Waals surface area contributed by atoms with Gasteiger partial charge >= 0.3 is 5.97 Å². The van der Waals surface area contributed by atoms with Crippen molar-refractivity contribution in [2.75, 3.05) is 11.9 Å². The first-order valence-corrected chi connectivity index (χ1v) is 10.6. The number of esters is 1. The summed E-state index contributed by atoms with van der Waals surface area (Å²) in [6.45, 7) is 3.60. The second-order valence-corrected chi connectivity index (χ2v) is 7.53. The Bertz CT molecular complexity index is 1280. The molecule has 0 fully saturated rings. The molecule has 1 N–H and O–H groups in total. The fourth-order valence-corrected chi connectivity index (χ4v) is 3.69. The van der Waals surface area contributed by atoms with E-state index in [1.807, 2.05) is 86.6 Å². The van der Waals surface area contributed by atoms with Crippen molar-refractivity contribution >= 4 is 28.5 Å². The molecule has 0 aliphatic rings. The topological polar surface area (TPSA) is 68.3 Å². The van der Waals surface area contributed by atoms with E-state index in [9.17, 15) is 9.59 Å². The number of nitrogens with zero attached hydrogens (tertiary/aromatic N) is 1. The number of hydrogen-bond acceptors (Lipinski definition) is 4. The normalized spacial score (nSPS) is 10.7. The van der Waals surface area contributed by atoms with Crippen LogP contribution in [0.4, 0.5) is 5.69 Å². The summed E-state index contributed by atoms with van der Waals surface area (Å²) < 4.78 is 5.40. The van der Waals surface area contributed by atoms with Crippen LogP contribution in [0.25, 0.3) is 22.2 Å². The number of ether oxygens (including phenoxy) is 1. The van der Waals surface area contributed by atoms with Gasteiger partial charge in [-0.3, -0.25) is 4.79 Å². The highest BCUT2D eigenvalue weighted by molar-refractivity contribution is 6.05. The minimum atomic E-state index is -0.559. The predicted octanol–water partition coefficient (Wildman–Crippen LogP) is 5.57. The number of anilines is 1. The number of amides is 1. The number of fused-ring (bicyclic) bond motifs is 1. The Labute approximate surface area is 187 Å². The van der Waals surface area contributed by atoms with Gasteiger partial charge in [0.2, 0.25) is 0 Å². The Hall–Kier alpha value is -3.99. The molecule has 0 saturated carbocycles. The Morgan fingerprint density at radius 3 is 2.47 bits per heavy atom. The van der Waals surface area contributed by atoms with E-state index in [1.165, 1.54) is 0 Å². The van der Waals surface area contributed by atoms with Crippen LogP contribution in [-0.2, 0) is 16.0 Å². The van der Waals surface area contributed by atoms with Gasteiger partial charge in [0.25, 0.3) is 5.91 Å². The highest BCUT2D eigenvalue weighted by Crippen LogP contribution is 2.25. The average molecular weight is 425 g/mol. The van der Waals surface area contributed by atoms with Crippen molar-refractivity contribution in [2.45, 2.75) is 20.3 Å². The molecule has 0 bridgehead atoms. The Morgan fingerprint density at radius 1 is 0.938 bits per heavy atom. The second kappa shape index (κ2) is 9.43. The van der Waals surface area contributed by atoms with E-state index >= 15 is 0 Å². The zero-order valence-corrected chi connectivity index (χ0v) is 18.1. The SMILES string of the molecule is CCc1cccc(C)c1NC(=O)COC(=O)c1cc(-c2ccccc2)nc2ccccc12. The quantitative estimate of drug-likeness (QED) is 0.411. The van der Waals surface area contributed by atoms with Gasteiger partial charge in [-0.25, -0.2) is 9.78 Å². The molecular weight excluding hydrogens is 400 g/mol. The van der Waals surface area contributed by atoms with E-state index in [1.54, 1.807) is 6.07 Å². The van der Waals surface area contributed by atoms with Crippen LogP contribution in [0.5, 0.6) is 0 Å². The number of nitrogens with one attached hydrogen (secondary N) is 1. The average Bonchev–Trinajstić information content (AvgIpc) is 2.83. The first-order valence-electron chi connectivity index (χ1n) is 10.6. The standard InChI is InChI=1S/C27H24N2O3/c1-3-19-13-9-10-18(2)26(19)29-25(30)17-32-27(31)22-16-24(20-11-5-4-6-12-20)28-23-15-8-7-14-21(22)23/h4-16H,3,17H2,1-2H3,(H,29,30). The summed E-state index contributed by atoms with van der Waals surface area (Å²) in [7, 11) is 0. The van der Waals surface area contributed by atoms with Gasteiger partial charge in [-0.2, -0.15) is 0 Å². The van der Waals surface area contributed by atoms with E-state index in [0.29, 0.717) is 22.2 Å². The van der Waals surface area contributed by atoms with Crippen molar-refractivity contribution in [1.82, 2.24) is 4.98 Å². The van der Waals surface area contributed by atoms with Crippen LogP contribution in [0.2, 0.25) is 0 Å². The Morgan fingerprint density at radius 2 is 1.69 bits per heavy atom. The number of benzene rings is 3. The summed E-state index contributed by atoms with van der Waals surface area (Å²) in [5.41, 5.74) is 5.43. The first kappa shape index (κ1) is 21.2. The first-order chi connectivity index (χ1) is 15.6. The minimum Gasteiger partial charge on any atom is -0.452 e. The summed E-state index contributed by atoms with van der Waals surface area (Å²) in [6, 6.07) is 24.6. The van der Waals surface area contributed by atoms with Crippen molar-refractivity contribution in [3.8, 4) is 11.3 Å². The summed E-state index contributed by atoms with van der Waals surface area (Å²) in [4.78, 5) is 30.2. The maximum absolute atomic E-state index is 13.0. The van der Waals surface area contributed by atoms with Crippen LogP contribution in [-0.4, -0.2) is 23.5 Å². The maximum atomic E-state index is 13.0. The van der Waals surface area contributed by atoms with Crippen LogP contribution in [0.3, 0.4) is 0 Å². The van der Waals surface area contributed by atoms with E-state index in [4.69, 9.17) is 4.74 Å². The molecule has 3 aromatic carbocycles. The molecule has 0 atom stereocenters. The molecule has 5 nitrogen and oxygen atoms in total. The molecule has 0 saturated heterocycles. The van der Waals surface area contributed by atoms with Crippen LogP contribution < -0.4 is 5.32 Å². The van der Waals surface area contributed by atoms with Gasteiger partial charge < -0.3 is 10.1 Å². The molecular formula is C27H24N2O3. The van der Waals surface area contributed by atoms with E-state index in [0.717, 1.165) is 28.8 Å². The molecule has 0 unspecified atom stereocenters. The lowest BCUT2D eigenvalue weighted by molar-refractivity contribution is -0.119. The zero-order valence-electron chi connectivity index (χ0n) is 18.1. The molecule has 1 heterocycles. The smallest absolute Gasteiger partial charge is 0.339 e. The minimum absolute atomic E-state index is 0.367. The van der Waals surface area contributed by atoms with Gasteiger partial charge in [-0.1, -0.05) is 73.7 Å². The Kier molecular flexibility index (Phi) is 6.26. The highest BCUT2D eigenvalue weighted by atomic mass is 16.5. The number of rotatable bonds is 6. The molecule has 160 valence electrons. The molecule has 0 spiro atoms. The summed E-state index contributed by atoms with van der Waals surface area (Å²) in [5, 5.41) is 3.57. The molecule has 32 heavy (non-hydrogen) atoms. The number of hydrogen-bond donors (Lipinski definition) is 1. The van der Waals surface area contributed by atoms with E-state index in [-0.39, 0.29) is 12.5 Å². The van der Waals surface area contributed by atoms with Crippen LogP contribution >= 0.6 is 0 Å². The molecule has 0 aliphatic heterocycles. The Balaban J connectivity index is 1.56. The number of para-hydroxylation sites is 2. The third-order valence-corrected chi connectivity index (χ3v) is 5.34. The molecule has 0 aliphatic carbocycles. The van der Waals surface area contributed by atoms with Gasteiger partial charge in [-0.05, 0) is 36.6 Å². The third kappa shape index (κ3) is 4.52. The largest absolute Gasteiger partial charge is 0.452 e. The van der Waals surface area contributed by atoms with Crippen molar-refractivity contribution in [2.24, 2.45) is 0 Å². The summed E-state index contributed by atoms with van der Waals surface area (Å²) in [5.74, 6) is -0.930. The maximum Gasteiger partial charge on any atom is 0.339 e. The number of pyridine rings is 1. The number of carbonyl (C=O) groups is 2. The van der Waals surface area contributed by atoms with Gasteiger partial charge in [0, 0.05) is 16.6 Å². The van der Waals surface area contributed by atoms with Crippen molar-refractivity contribution < 1.29 is 14.3 Å². The van der Waals surface area contributed by atoms with E-state index in [2.05, 4.69) is 10.3 Å². The molecule has 1 aromatic heterocycles. The summed E-state index contributed by atoms with van der Waals surface area (Å²) in [6.07, 6.45) is 0.794. The van der Waals surface area contributed by atoms with E-state index < -0.39 is 5.97 Å². The lowest BCUT2D eigenvalue weighted by Crippen LogP contribution is -2.22. The molecule has 4 aromatic rings. The number of carbonyl (C=O) groups excluding carboxylic acids is 2. The van der Waals surface area contributed by atoms with Crippen molar-refractivity contribution in [1.29, 1.82) is 0 Å². The fourth-order valence-electron chi connectivity index (χ4n) is 3.69. The van der Waals surface area contributed by atoms with Gasteiger partial charge in [0.05, 0.1) is 16.8 Å². The van der Waals surface area contributed by atoms with Gasteiger partial charge in [0.15, 0.2) is 6.61 Å². The van der Waals surface area contributed by atoms with Crippen molar-refractivity contribution in [3.05, 3.63) is 95.6 Å². The molecule has 4 rings (SSSR count).